The van der Waals surface area contributed by atoms with Gasteiger partial charge < -0.3 is 14.6 Å². The highest BCUT2D eigenvalue weighted by atomic mass is 16.5. The molecule has 1 heterocycles. The van der Waals surface area contributed by atoms with Gasteiger partial charge in [0.05, 0.1) is 25.8 Å². The van der Waals surface area contributed by atoms with E-state index < -0.39 is 17.7 Å². The predicted molar refractivity (Wildman–Crippen MR) is 146 cm³/mol. The van der Waals surface area contributed by atoms with Crippen LogP contribution in [0.25, 0.3) is 5.76 Å². The minimum absolute atomic E-state index is 0.0238. The Labute approximate surface area is 218 Å². The van der Waals surface area contributed by atoms with Crippen molar-refractivity contribution in [2.24, 2.45) is 0 Å². The first-order valence-electron chi connectivity index (χ1n) is 12.3. The zero-order chi connectivity index (χ0) is 27.0. The smallest absolute Gasteiger partial charge is 0.300 e. The van der Waals surface area contributed by atoms with Crippen LogP contribution in [-0.4, -0.2) is 31.0 Å². The van der Waals surface area contributed by atoms with Crippen LogP contribution in [0.5, 0.6) is 11.5 Å². The summed E-state index contributed by atoms with van der Waals surface area (Å²) in [6.07, 6.45) is 0. The Kier molecular flexibility index (Phi) is 7.12. The number of amides is 1. The molecule has 3 aromatic rings. The predicted octanol–water partition coefficient (Wildman–Crippen LogP) is 6.38. The van der Waals surface area contributed by atoms with Crippen LogP contribution in [0.1, 0.15) is 59.2 Å². The molecule has 3 aromatic carbocycles. The Morgan fingerprint density at radius 3 is 2.16 bits per heavy atom. The molecule has 37 heavy (non-hydrogen) atoms. The van der Waals surface area contributed by atoms with Gasteiger partial charge >= 0.3 is 0 Å². The SMILES string of the molecule is COc1cc(C)c(/C(O)=C2\C(=O)C(=O)N(c3ccc(C)c(C)c3)C2c2ccccc2OC)cc1C(C)C. The fourth-order valence-corrected chi connectivity index (χ4v) is 4.89. The van der Waals surface area contributed by atoms with E-state index in [-0.39, 0.29) is 17.3 Å². The van der Waals surface area contributed by atoms with Crippen molar-refractivity contribution < 1.29 is 24.2 Å². The highest BCUT2D eigenvalue weighted by Gasteiger charge is 2.48. The summed E-state index contributed by atoms with van der Waals surface area (Å²) in [7, 11) is 3.15. The van der Waals surface area contributed by atoms with Crippen molar-refractivity contribution in [3.8, 4) is 11.5 Å². The topological polar surface area (TPSA) is 76.1 Å². The number of anilines is 1. The van der Waals surface area contributed by atoms with Gasteiger partial charge in [-0.1, -0.05) is 38.1 Å². The summed E-state index contributed by atoms with van der Waals surface area (Å²) in [5, 5.41) is 11.7. The Balaban J connectivity index is 2.03. The van der Waals surface area contributed by atoms with Crippen LogP contribution in [0, 0.1) is 20.8 Å². The molecule has 1 amide bonds. The maximum absolute atomic E-state index is 13.6. The van der Waals surface area contributed by atoms with Gasteiger partial charge in [0.1, 0.15) is 17.3 Å². The van der Waals surface area contributed by atoms with Crippen molar-refractivity contribution in [2.75, 3.05) is 19.1 Å². The molecular weight excluding hydrogens is 466 g/mol. The number of aliphatic hydroxyl groups is 1. The van der Waals surface area contributed by atoms with Crippen LogP contribution >= 0.6 is 0 Å². The first kappa shape index (κ1) is 26.0. The summed E-state index contributed by atoms with van der Waals surface area (Å²) in [4.78, 5) is 28.6. The van der Waals surface area contributed by atoms with Gasteiger partial charge in [-0.25, -0.2) is 0 Å². The molecule has 0 spiro atoms. The van der Waals surface area contributed by atoms with E-state index in [9.17, 15) is 14.7 Å². The lowest BCUT2D eigenvalue weighted by Crippen LogP contribution is -2.29. The highest BCUT2D eigenvalue weighted by molar-refractivity contribution is 6.51. The molecule has 0 aromatic heterocycles. The number of aryl methyl sites for hydroxylation is 3. The monoisotopic (exact) mass is 499 g/mol. The molecule has 1 aliphatic rings. The molecule has 4 rings (SSSR count). The molecule has 0 saturated carbocycles. The van der Waals surface area contributed by atoms with E-state index in [2.05, 4.69) is 0 Å². The number of hydrogen-bond donors (Lipinski definition) is 1. The first-order valence-corrected chi connectivity index (χ1v) is 12.3. The Bertz CT molecular complexity index is 1420. The Morgan fingerprint density at radius 2 is 1.54 bits per heavy atom. The zero-order valence-corrected chi connectivity index (χ0v) is 22.4. The van der Waals surface area contributed by atoms with E-state index in [4.69, 9.17) is 9.47 Å². The van der Waals surface area contributed by atoms with Crippen LogP contribution in [-0.2, 0) is 9.59 Å². The molecule has 0 aliphatic carbocycles. The summed E-state index contributed by atoms with van der Waals surface area (Å²) in [6.45, 7) is 9.86. The van der Waals surface area contributed by atoms with Gasteiger partial charge in [-0.3, -0.25) is 14.5 Å². The lowest BCUT2D eigenvalue weighted by molar-refractivity contribution is -0.132. The van der Waals surface area contributed by atoms with E-state index in [0.29, 0.717) is 28.3 Å². The number of ether oxygens (including phenoxy) is 2. The van der Waals surface area contributed by atoms with Crippen molar-refractivity contribution in [1.29, 1.82) is 0 Å². The fourth-order valence-electron chi connectivity index (χ4n) is 4.89. The maximum atomic E-state index is 13.6. The van der Waals surface area contributed by atoms with Crippen LogP contribution in [0.15, 0.2) is 60.2 Å². The molecule has 1 unspecified atom stereocenters. The summed E-state index contributed by atoms with van der Waals surface area (Å²) in [5.74, 6) is -0.319. The van der Waals surface area contributed by atoms with E-state index in [1.165, 1.54) is 4.90 Å². The van der Waals surface area contributed by atoms with Crippen LogP contribution in [0.3, 0.4) is 0 Å². The maximum Gasteiger partial charge on any atom is 0.300 e. The largest absolute Gasteiger partial charge is 0.507 e. The lowest BCUT2D eigenvalue weighted by Gasteiger charge is -2.27. The summed E-state index contributed by atoms with van der Waals surface area (Å²) >= 11 is 0. The average Bonchev–Trinajstić information content (AvgIpc) is 3.14. The van der Waals surface area contributed by atoms with Crippen LogP contribution in [0.2, 0.25) is 0 Å². The molecule has 1 saturated heterocycles. The normalized spacial score (nSPS) is 17.0. The first-order chi connectivity index (χ1) is 17.6. The summed E-state index contributed by atoms with van der Waals surface area (Å²) in [5.41, 5.74) is 5.39. The van der Waals surface area contributed by atoms with Gasteiger partial charge in [0.2, 0.25) is 0 Å². The van der Waals surface area contributed by atoms with Crippen LogP contribution in [0.4, 0.5) is 5.69 Å². The lowest BCUT2D eigenvalue weighted by atomic mass is 9.90. The molecule has 6 nitrogen and oxygen atoms in total. The quantitative estimate of drug-likeness (QED) is 0.242. The molecule has 192 valence electrons. The minimum atomic E-state index is -0.873. The van der Waals surface area contributed by atoms with E-state index in [1.807, 2.05) is 83.1 Å². The van der Waals surface area contributed by atoms with Crippen molar-refractivity contribution >= 4 is 23.1 Å². The number of carbonyl (C=O) groups is 2. The van der Waals surface area contributed by atoms with Crippen molar-refractivity contribution in [1.82, 2.24) is 0 Å². The number of Topliss-reactive ketones (excluding diaryl/α,β-unsaturated/α-hetero) is 1. The van der Waals surface area contributed by atoms with Crippen molar-refractivity contribution in [3.63, 3.8) is 0 Å². The van der Waals surface area contributed by atoms with E-state index in [1.54, 1.807) is 20.3 Å². The van der Waals surface area contributed by atoms with Gasteiger partial charge in [-0.05, 0) is 79.3 Å². The van der Waals surface area contributed by atoms with E-state index >= 15 is 0 Å². The number of hydrogen-bond acceptors (Lipinski definition) is 5. The number of nitrogens with zero attached hydrogens (tertiary/aromatic N) is 1. The molecule has 1 fully saturated rings. The third kappa shape index (κ3) is 4.48. The second-order valence-corrected chi connectivity index (χ2v) is 9.74. The van der Waals surface area contributed by atoms with Crippen molar-refractivity contribution in [2.45, 2.75) is 46.6 Å². The molecule has 1 N–H and O–H groups in total. The highest BCUT2D eigenvalue weighted by Crippen LogP contribution is 2.46. The van der Waals surface area contributed by atoms with Gasteiger partial charge in [-0.15, -0.1) is 0 Å². The number of para-hydroxylation sites is 1. The van der Waals surface area contributed by atoms with Gasteiger partial charge in [0.15, 0.2) is 0 Å². The number of benzene rings is 3. The molecule has 0 bridgehead atoms. The molecule has 0 radical (unpaired) electrons. The second kappa shape index (κ2) is 10.1. The number of ketones is 1. The third-order valence-electron chi connectivity index (χ3n) is 7.10. The Hall–Kier alpha value is -4.06. The number of carbonyl (C=O) groups excluding carboxylic acids is 2. The van der Waals surface area contributed by atoms with Gasteiger partial charge in [-0.2, -0.15) is 0 Å². The van der Waals surface area contributed by atoms with E-state index in [0.717, 1.165) is 22.3 Å². The Morgan fingerprint density at radius 1 is 0.865 bits per heavy atom. The molecule has 6 heteroatoms. The van der Waals surface area contributed by atoms with Crippen LogP contribution < -0.4 is 14.4 Å². The standard InChI is InChI=1S/C31H33NO5/c1-17(2)23-16-24(20(5)15-26(23)37-7)29(33)27-28(22-10-8-9-11-25(22)36-6)32(31(35)30(27)34)21-13-12-18(3)19(4)14-21/h8-17,28,33H,1-7H3/b29-27+. The molecule has 1 aliphatic heterocycles. The molecular formula is C31H33NO5. The van der Waals surface area contributed by atoms with Gasteiger partial charge in [0.25, 0.3) is 11.7 Å². The summed E-state index contributed by atoms with van der Waals surface area (Å²) < 4.78 is 11.2. The minimum Gasteiger partial charge on any atom is -0.507 e. The van der Waals surface area contributed by atoms with Gasteiger partial charge in [0, 0.05) is 16.8 Å². The zero-order valence-electron chi connectivity index (χ0n) is 22.4. The average molecular weight is 500 g/mol. The number of rotatable bonds is 6. The number of methoxy groups -OCH3 is 2. The molecule has 1 atom stereocenters. The van der Waals surface area contributed by atoms with Crippen molar-refractivity contribution in [3.05, 3.63) is 93.6 Å². The fraction of sp³-hybridized carbons (Fsp3) is 0.290. The third-order valence-corrected chi connectivity index (χ3v) is 7.10. The number of aliphatic hydroxyl groups excluding tert-OH is 1. The second-order valence-electron chi connectivity index (χ2n) is 9.74. The summed E-state index contributed by atoms with van der Waals surface area (Å²) in [6, 6.07) is 15.7.